The molecule has 2 rings (SSSR count). The summed E-state index contributed by atoms with van der Waals surface area (Å²) in [5.74, 6) is -0.760. The van der Waals surface area contributed by atoms with Gasteiger partial charge in [-0.1, -0.05) is 11.6 Å². The van der Waals surface area contributed by atoms with E-state index >= 15 is 0 Å². The van der Waals surface area contributed by atoms with Crippen LogP contribution in [0.5, 0.6) is 5.75 Å². The van der Waals surface area contributed by atoms with Gasteiger partial charge in [-0.2, -0.15) is 0 Å². The molecule has 1 unspecified atom stereocenters. The van der Waals surface area contributed by atoms with E-state index in [2.05, 4.69) is 10.6 Å². The summed E-state index contributed by atoms with van der Waals surface area (Å²) in [5.41, 5.74) is 0.584. The number of urea groups is 1. The van der Waals surface area contributed by atoms with E-state index in [1.54, 1.807) is 0 Å². The second kappa shape index (κ2) is 6.76. The van der Waals surface area contributed by atoms with Crippen molar-refractivity contribution in [3.63, 3.8) is 0 Å². The van der Waals surface area contributed by atoms with Gasteiger partial charge in [0.1, 0.15) is 11.6 Å². The van der Waals surface area contributed by atoms with E-state index in [1.807, 2.05) is 0 Å². The summed E-state index contributed by atoms with van der Waals surface area (Å²) < 4.78 is 24.9. The molecule has 0 radical (unpaired) electrons. The van der Waals surface area contributed by atoms with Gasteiger partial charge in [0.15, 0.2) is 0 Å². The fourth-order valence-electron chi connectivity index (χ4n) is 1.69. The lowest BCUT2D eigenvalue weighted by atomic mass is 10.3. The van der Waals surface area contributed by atoms with Crippen LogP contribution in [0.3, 0.4) is 0 Å². The third-order valence-electron chi connectivity index (χ3n) is 2.70. The summed E-state index contributed by atoms with van der Waals surface area (Å²) in [6.07, 6.45) is 1.37. The summed E-state index contributed by atoms with van der Waals surface area (Å²) in [5, 5.41) is 14.3. The van der Waals surface area contributed by atoms with E-state index in [0.29, 0.717) is 5.69 Å². The topological polar surface area (TPSA) is 78.4 Å². The molecule has 22 heavy (non-hydrogen) atoms. The zero-order valence-corrected chi connectivity index (χ0v) is 13.0. The second-order valence-electron chi connectivity index (χ2n) is 4.34. The average molecular weight is 343 g/mol. The minimum absolute atomic E-state index is 0.0660. The van der Waals surface area contributed by atoms with Gasteiger partial charge in [0.25, 0.3) is 0 Å². The first-order chi connectivity index (χ1) is 10.4. The third-order valence-corrected chi connectivity index (χ3v) is 3.96. The fourth-order valence-corrected chi connectivity index (χ4v) is 2.46. The number of hydrogen-bond acceptors (Lipinski definition) is 3. The minimum Gasteiger partial charge on any atom is -0.506 e. The molecule has 0 spiro atoms. The normalized spacial score (nSPS) is 11.8. The summed E-state index contributed by atoms with van der Waals surface area (Å²) in [6, 6.07) is 7.45. The Labute approximate surface area is 133 Å². The first-order valence-electron chi connectivity index (χ1n) is 6.06. The number of phenols is 1. The third kappa shape index (κ3) is 3.96. The van der Waals surface area contributed by atoms with Gasteiger partial charge in [0.2, 0.25) is 0 Å². The van der Waals surface area contributed by atoms with Crippen LogP contribution in [0.25, 0.3) is 0 Å². The summed E-state index contributed by atoms with van der Waals surface area (Å²) in [4.78, 5) is 11.9. The van der Waals surface area contributed by atoms with Crippen LogP contribution in [0.2, 0.25) is 5.02 Å². The number of carbonyl (C=O) groups is 1. The molecule has 0 saturated carbocycles. The first-order valence-corrected chi connectivity index (χ1v) is 8.00. The van der Waals surface area contributed by atoms with Gasteiger partial charge in [-0.15, -0.1) is 0 Å². The number of nitrogens with one attached hydrogen (secondary N) is 2. The van der Waals surface area contributed by atoms with E-state index in [-0.39, 0.29) is 21.4 Å². The minimum atomic E-state index is -1.44. The zero-order chi connectivity index (χ0) is 16.3. The Hall–Kier alpha value is -2.12. The van der Waals surface area contributed by atoms with Crippen LogP contribution >= 0.6 is 11.6 Å². The van der Waals surface area contributed by atoms with Gasteiger partial charge >= 0.3 is 6.03 Å². The zero-order valence-electron chi connectivity index (χ0n) is 11.4. The lowest BCUT2D eigenvalue weighted by molar-refractivity contribution is 0.262. The van der Waals surface area contributed by atoms with Crippen LogP contribution in [-0.2, 0) is 10.8 Å². The van der Waals surface area contributed by atoms with E-state index in [0.717, 1.165) is 6.07 Å². The van der Waals surface area contributed by atoms with E-state index in [9.17, 15) is 18.5 Å². The fraction of sp³-hybridized carbons (Fsp3) is 0.0714. The van der Waals surface area contributed by atoms with Crippen molar-refractivity contribution in [2.24, 2.45) is 0 Å². The molecule has 0 aliphatic heterocycles. The Bertz CT molecular complexity index is 755. The van der Waals surface area contributed by atoms with Crippen LogP contribution in [0.1, 0.15) is 0 Å². The molecule has 2 amide bonds. The maximum absolute atomic E-state index is 13.7. The number of anilines is 2. The van der Waals surface area contributed by atoms with Crippen molar-refractivity contribution < 1.29 is 18.5 Å². The number of aromatic hydroxyl groups is 1. The summed E-state index contributed by atoms with van der Waals surface area (Å²) >= 11 is 5.73. The van der Waals surface area contributed by atoms with Gasteiger partial charge < -0.3 is 15.7 Å². The van der Waals surface area contributed by atoms with E-state index in [4.69, 9.17) is 11.6 Å². The van der Waals surface area contributed by atoms with Crippen molar-refractivity contribution in [2.75, 3.05) is 16.9 Å². The molecule has 0 aliphatic carbocycles. The summed E-state index contributed by atoms with van der Waals surface area (Å²) in [6.45, 7) is 0. The molecule has 5 nitrogen and oxygen atoms in total. The van der Waals surface area contributed by atoms with Gasteiger partial charge in [-0.05, 0) is 36.4 Å². The highest BCUT2D eigenvalue weighted by Crippen LogP contribution is 2.26. The van der Waals surface area contributed by atoms with Crippen molar-refractivity contribution in [3.8, 4) is 5.75 Å². The molecule has 0 aliphatic rings. The molecule has 116 valence electrons. The number of benzene rings is 2. The molecule has 3 N–H and O–H groups in total. The van der Waals surface area contributed by atoms with Gasteiger partial charge in [0, 0.05) is 17.6 Å². The molecule has 0 heterocycles. The summed E-state index contributed by atoms with van der Waals surface area (Å²) in [7, 11) is -1.44. The van der Waals surface area contributed by atoms with Crippen molar-refractivity contribution in [3.05, 3.63) is 47.2 Å². The van der Waals surface area contributed by atoms with Crippen molar-refractivity contribution in [2.45, 2.75) is 4.90 Å². The van der Waals surface area contributed by atoms with Crippen LogP contribution in [0.15, 0.2) is 41.3 Å². The Balaban J connectivity index is 2.07. The highest BCUT2D eigenvalue weighted by Gasteiger charge is 2.09. The average Bonchev–Trinajstić information content (AvgIpc) is 2.42. The molecular formula is C14H12ClFN2O3S. The molecule has 0 fully saturated rings. The van der Waals surface area contributed by atoms with Crippen molar-refractivity contribution in [1.82, 2.24) is 0 Å². The van der Waals surface area contributed by atoms with Gasteiger partial charge in [0.05, 0.1) is 20.7 Å². The SMILES string of the molecule is CS(=O)c1ccc(NC(=O)Nc2ccc(O)c(Cl)c2)cc1F. The lowest BCUT2D eigenvalue weighted by Crippen LogP contribution is -2.19. The predicted octanol–water partition coefficient (Wildman–Crippen LogP) is 3.57. The lowest BCUT2D eigenvalue weighted by Gasteiger charge is -2.09. The molecule has 0 saturated heterocycles. The molecule has 2 aromatic carbocycles. The largest absolute Gasteiger partial charge is 0.506 e. The molecule has 0 bridgehead atoms. The van der Waals surface area contributed by atoms with Crippen LogP contribution in [0.4, 0.5) is 20.6 Å². The Morgan fingerprint density at radius 2 is 1.77 bits per heavy atom. The Kier molecular flexibility index (Phi) is 4.99. The molecule has 1 atom stereocenters. The number of amides is 2. The Morgan fingerprint density at radius 1 is 1.18 bits per heavy atom. The van der Waals surface area contributed by atoms with Gasteiger partial charge in [-0.25, -0.2) is 9.18 Å². The molecule has 0 aromatic heterocycles. The van der Waals surface area contributed by atoms with Crippen molar-refractivity contribution >= 4 is 39.8 Å². The quantitative estimate of drug-likeness (QED) is 0.746. The maximum Gasteiger partial charge on any atom is 0.323 e. The first kappa shape index (κ1) is 16.3. The highest BCUT2D eigenvalue weighted by molar-refractivity contribution is 7.84. The standard InChI is InChI=1S/C14H12ClFN2O3S/c1-22(21)13-5-3-9(7-11(13)16)18-14(20)17-8-2-4-12(19)10(15)6-8/h2-7,19H,1H3,(H2,17,18,20). The van der Waals surface area contributed by atoms with Crippen LogP contribution in [-0.4, -0.2) is 21.6 Å². The number of carbonyl (C=O) groups excluding carboxylic acids is 1. The number of halogens is 2. The number of hydrogen-bond donors (Lipinski definition) is 3. The molecule has 2 aromatic rings. The number of rotatable bonds is 3. The monoisotopic (exact) mass is 342 g/mol. The number of phenolic OH excluding ortho intramolecular Hbond substituents is 1. The highest BCUT2D eigenvalue weighted by atomic mass is 35.5. The van der Waals surface area contributed by atoms with E-state index < -0.39 is 22.6 Å². The van der Waals surface area contributed by atoms with Crippen LogP contribution < -0.4 is 10.6 Å². The van der Waals surface area contributed by atoms with Crippen LogP contribution in [0, 0.1) is 5.82 Å². The van der Waals surface area contributed by atoms with Gasteiger partial charge in [-0.3, -0.25) is 4.21 Å². The van der Waals surface area contributed by atoms with Crippen molar-refractivity contribution in [1.29, 1.82) is 0 Å². The second-order valence-corrected chi connectivity index (χ2v) is 6.10. The molecular weight excluding hydrogens is 331 g/mol. The maximum atomic E-state index is 13.7. The smallest absolute Gasteiger partial charge is 0.323 e. The predicted molar refractivity (Wildman–Crippen MR) is 84.5 cm³/mol. The molecule has 8 heteroatoms. The van der Waals surface area contributed by atoms with E-state index in [1.165, 1.54) is 36.6 Å². The Morgan fingerprint density at radius 3 is 2.32 bits per heavy atom.